The number of rotatable bonds is 6. The van der Waals surface area contributed by atoms with E-state index in [9.17, 15) is 14.7 Å². The lowest BCUT2D eigenvalue weighted by molar-refractivity contribution is -0.141. The van der Waals surface area contributed by atoms with Crippen molar-refractivity contribution in [3.63, 3.8) is 0 Å². The zero-order valence-corrected chi connectivity index (χ0v) is 12.6. The molecule has 0 aromatic rings. The third kappa shape index (κ3) is 4.67. The quantitative estimate of drug-likeness (QED) is 0.779. The normalized spacial score (nSPS) is 19.1. The first-order chi connectivity index (χ1) is 9.47. The van der Waals surface area contributed by atoms with Gasteiger partial charge >= 0.3 is 12.0 Å². The monoisotopic (exact) mass is 286 g/mol. The number of amides is 2. The molecule has 2 amide bonds. The fourth-order valence-electron chi connectivity index (χ4n) is 2.64. The Balaban J connectivity index is 2.60. The number of hydrogen-bond donors (Lipinski definition) is 2. The lowest BCUT2D eigenvalue weighted by Crippen LogP contribution is -2.52. The molecule has 0 spiro atoms. The molecule has 2 unspecified atom stereocenters. The molecule has 6 heteroatoms. The Morgan fingerprint density at radius 3 is 2.45 bits per heavy atom. The van der Waals surface area contributed by atoms with Crippen molar-refractivity contribution in [1.82, 2.24) is 10.2 Å². The van der Waals surface area contributed by atoms with Gasteiger partial charge in [-0.15, -0.1) is 0 Å². The van der Waals surface area contributed by atoms with Gasteiger partial charge in [0.25, 0.3) is 0 Å². The van der Waals surface area contributed by atoms with Crippen molar-refractivity contribution in [2.75, 3.05) is 20.8 Å². The summed E-state index contributed by atoms with van der Waals surface area (Å²) in [6.45, 7) is 2.28. The van der Waals surface area contributed by atoms with Crippen LogP contribution in [0.4, 0.5) is 4.79 Å². The second-order valence-electron chi connectivity index (χ2n) is 5.58. The van der Waals surface area contributed by atoms with Gasteiger partial charge < -0.3 is 20.1 Å². The molecule has 0 aromatic heterocycles. The lowest BCUT2D eigenvalue weighted by Gasteiger charge is -2.31. The number of carboxylic acids is 1. The van der Waals surface area contributed by atoms with E-state index in [-0.39, 0.29) is 18.0 Å². The minimum Gasteiger partial charge on any atom is -0.480 e. The van der Waals surface area contributed by atoms with Gasteiger partial charge in [0.2, 0.25) is 0 Å². The van der Waals surface area contributed by atoms with E-state index in [4.69, 9.17) is 4.74 Å². The molecule has 20 heavy (non-hydrogen) atoms. The molecule has 116 valence electrons. The lowest BCUT2D eigenvalue weighted by atomic mass is 9.84. The molecule has 1 saturated carbocycles. The molecule has 1 aliphatic carbocycles. The SMILES string of the molecule is COCC(C)N(C)C(=O)NC(C(=O)O)C1CCCCC1. The van der Waals surface area contributed by atoms with Crippen LogP contribution < -0.4 is 5.32 Å². The highest BCUT2D eigenvalue weighted by Crippen LogP contribution is 2.26. The molecule has 1 aliphatic rings. The molecule has 2 N–H and O–H groups in total. The van der Waals surface area contributed by atoms with Crippen LogP contribution in [0.25, 0.3) is 0 Å². The van der Waals surface area contributed by atoms with Crippen molar-refractivity contribution in [2.24, 2.45) is 5.92 Å². The molecule has 0 saturated heterocycles. The van der Waals surface area contributed by atoms with Gasteiger partial charge in [0.05, 0.1) is 12.6 Å². The predicted octanol–water partition coefficient (Wildman–Crippen LogP) is 1.70. The summed E-state index contributed by atoms with van der Waals surface area (Å²) in [6, 6.07) is -1.24. The van der Waals surface area contributed by atoms with Crippen LogP contribution in [-0.2, 0) is 9.53 Å². The topological polar surface area (TPSA) is 78.9 Å². The molecule has 0 aliphatic heterocycles. The number of carboxylic acid groups (broad SMARTS) is 1. The summed E-state index contributed by atoms with van der Waals surface area (Å²) < 4.78 is 5.01. The first-order valence-electron chi connectivity index (χ1n) is 7.22. The highest BCUT2D eigenvalue weighted by Gasteiger charge is 2.32. The summed E-state index contributed by atoms with van der Waals surface area (Å²) in [5.41, 5.74) is 0. The number of nitrogens with one attached hydrogen (secondary N) is 1. The van der Waals surface area contributed by atoms with E-state index in [0.29, 0.717) is 6.61 Å². The fraction of sp³-hybridized carbons (Fsp3) is 0.857. The van der Waals surface area contributed by atoms with E-state index in [1.54, 1.807) is 14.2 Å². The van der Waals surface area contributed by atoms with Crippen LogP contribution in [0.15, 0.2) is 0 Å². The van der Waals surface area contributed by atoms with Crippen LogP contribution in [0, 0.1) is 5.92 Å². The van der Waals surface area contributed by atoms with Crippen LogP contribution >= 0.6 is 0 Å². The number of likely N-dealkylation sites (N-methyl/N-ethyl adjacent to an activating group) is 1. The van der Waals surface area contributed by atoms with Gasteiger partial charge in [0, 0.05) is 14.2 Å². The van der Waals surface area contributed by atoms with Gasteiger partial charge in [-0.2, -0.15) is 0 Å². The van der Waals surface area contributed by atoms with Gasteiger partial charge in [0.15, 0.2) is 0 Å². The first-order valence-corrected chi connectivity index (χ1v) is 7.22. The molecule has 1 rings (SSSR count). The molecule has 0 aromatic carbocycles. The Kier molecular flexibility index (Phi) is 6.78. The fourth-order valence-corrected chi connectivity index (χ4v) is 2.64. The molecule has 2 atom stereocenters. The molecule has 0 radical (unpaired) electrons. The Labute approximate surface area is 120 Å². The van der Waals surface area contributed by atoms with Crippen molar-refractivity contribution < 1.29 is 19.4 Å². The van der Waals surface area contributed by atoms with Crippen LogP contribution in [0.5, 0.6) is 0 Å². The predicted molar refractivity (Wildman–Crippen MR) is 75.6 cm³/mol. The third-order valence-corrected chi connectivity index (χ3v) is 4.06. The van der Waals surface area contributed by atoms with E-state index >= 15 is 0 Å². The Morgan fingerprint density at radius 1 is 1.35 bits per heavy atom. The number of aliphatic carboxylic acids is 1. The highest BCUT2D eigenvalue weighted by molar-refractivity contribution is 5.82. The average Bonchev–Trinajstić information content (AvgIpc) is 2.44. The maximum Gasteiger partial charge on any atom is 0.326 e. The summed E-state index contributed by atoms with van der Waals surface area (Å²) in [5.74, 6) is -0.908. The third-order valence-electron chi connectivity index (χ3n) is 4.06. The molecular weight excluding hydrogens is 260 g/mol. The number of ether oxygens (including phenoxy) is 1. The van der Waals surface area contributed by atoms with Crippen LogP contribution in [0.2, 0.25) is 0 Å². The van der Waals surface area contributed by atoms with E-state index in [1.165, 1.54) is 4.90 Å². The zero-order chi connectivity index (χ0) is 15.1. The zero-order valence-electron chi connectivity index (χ0n) is 12.6. The van der Waals surface area contributed by atoms with Gasteiger partial charge in [0.1, 0.15) is 6.04 Å². The van der Waals surface area contributed by atoms with Gasteiger partial charge in [-0.05, 0) is 25.7 Å². The molecule has 6 nitrogen and oxygen atoms in total. The molecule has 0 heterocycles. The van der Waals surface area contributed by atoms with Crippen LogP contribution in [0.3, 0.4) is 0 Å². The summed E-state index contributed by atoms with van der Waals surface area (Å²) in [5, 5.41) is 12.0. The smallest absolute Gasteiger partial charge is 0.326 e. The Bertz CT molecular complexity index is 329. The number of hydrogen-bond acceptors (Lipinski definition) is 3. The van der Waals surface area contributed by atoms with Crippen molar-refractivity contribution in [2.45, 2.75) is 51.1 Å². The number of urea groups is 1. The van der Waals surface area contributed by atoms with Crippen molar-refractivity contribution in [3.05, 3.63) is 0 Å². The number of nitrogens with zero attached hydrogens (tertiary/aromatic N) is 1. The maximum absolute atomic E-state index is 12.1. The highest BCUT2D eigenvalue weighted by atomic mass is 16.5. The Morgan fingerprint density at radius 2 is 1.95 bits per heavy atom. The van der Waals surface area contributed by atoms with Crippen LogP contribution in [0.1, 0.15) is 39.0 Å². The molecular formula is C14H26N2O4. The maximum atomic E-state index is 12.1. The summed E-state index contributed by atoms with van der Waals surface area (Å²) >= 11 is 0. The van der Waals surface area contributed by atoms with Crippen molar-refractivity contribution in [3.8, 4) is 0 Å². The molecule has 0 bridgehead atoms. The first kappa shape index (κ1) is 16.8. The average molecular weight is 286 g/mol. The van der Waals surface area contributed by atoms with E-state index < -0.39 is 12.0 Å². The van der Waals surface area contributed by atoms with E-state index in [0.717, 1.165) is 32.1 Å². The summed E-state index contributed by atoms with van der Waals surface area (Å²) in [7, 11) is 3.23. The second-order valence-corrected chi connectivity index (χ2v) is 5.58. The second kappa shape index (κ2) is 8.09. The standard InChI is InChI=1S/C14H26N2O4/c1-10(9-20-3)16(2)14(19)15-12(13(17)18)11-7-5-4-6-8-11/h10-12H,4-9H2,1-3H3,(H,15,19)(H,17,18). The minimum atomic E-state index is -0.946. The number of carbonyl (C=O) groups is 2. The number of methoxy groups -OCH3 is 1. The summed E-state index contributed by atoms with van der Waals surface area (Å²) in [6.07, 6.45) is 4.98. The van der Waals surface area contributed by atoms with Gasteiger partial charge in [-0.25, -0.2) is 9.59 Å². The van der Waals surface area contributed by atoms with Gasteiger partial charge in [-0.3, -0.25) is 0 Å². The minimum absolute atomic E-state index is 0.0383. The van der Waals surface area contributed by atoms with Crippen molar-refractivity contribution in [1.29, 1.82) is 0 Å². The van der Waals surface area contributed by atoms with Crippen LogP contribution in [-0.4, -0.2) is 54.9 Å². The largest absolute Gasteiger partial charge is 0.480 e. The summed E-state index contributed by atoms with van der Waals surface area (Å²) in [4.78, 5) is 25.0. The van der Waals surface area contributed by atoms with Crippen molar-refractivity contribution >= 4 is 12.0 Å². The van der Waals surface area contributed by atoms with E-state index in [2.05, 4.69) is 5.32 Å². The Hall–Kier alpha value is -1.30. The van der Waals surface area contributed by atoms with Gasteiger partial charge in [-0.1, -0.05) is 19.3 Å². The number of carbonyl (C=O) groups excluding carboxylic acids is 1. The van der Waals surface area contributed by atoms with E-state index in [1.807, 2.05) is 6.92 Å². The molecule has 1 fully saturated rings.